The number of aldehydes is 1. The van der Waals surface area contributed by atoms with Gasteiger partial charge in [-0.25, -0.2) is 0 Å². The summed E-state index contributed by atoms with van der Waals surface area (Å²) in [7, 11) is 1.61. The number of methoxy groups -OCH3 is 1. The van der Waals surface area contributed by atoms with Gasteiger partial charge in [-0.3, -0.25) is 4.79 Å². The molecule has 0 N–H and O–H groups in total. The van der Waals surface area contributed by atoms with Crippen LogP contribution in [0, 0.1) is 0 Å². The SMILES string of the molecule is COc1ccc(Oc2cccc(OCc3ccccc3)c2C=O)cc1. The van der Waals surface area contributed by atoms with Crippen molar-refractivity contribution in [2.45, 2.75) is 6.61 Å². The lowest BCUT2D eigenvalue weighted by Crippen LogP contribution is -2.00. The molecule has 0 unspecified atom stereocenters. The summed E-state index contributed by atoms with van der Waals surface area (Å²) in [6.45, 7) is 0.383. The van der Waals surface area contributed by atoms with Crippen LogP contribution in [0.1, 0.15) is 15.9 Å². The van der Waals surface area contributed by atoms with Gasteiger partial charge in [-0.15, -0.1) is 0 Å². The molecule has 0 saturated carbocycles. The van der Waals surface area contributed by atoms with E-state index in [0.717, 1.165) is 17.6 Å². The van der Waals surface area contributed by atoms with E-state index < -0.39 is 0 Å². The molecule has 0 atom stereocenters. The first kappa shape index (κ1) is 16.6. The number of hydrogen-bond acceptors (Lipinski definition) is 4. The van der Waals surface area contributed by atoms with Gasteiger partial charge in [-0.1, -0.05) is 36.4 Å². The molecular weight excluding hydrogens is 316 g/mol. The Bertz CT molecular complexity index is 826. The zero-order chi connectivity index (χ0) is 17.5. The third kappa shape index (κ3) is 4.18. The van der Waals surface area contributed by atoms with Crippen molar-refractivity contribution in [2.24, 2.45) is 0 Å². The van der Waals surface area contributed by atoms with Crippen LogP contribution < -0.4 is 14.2 Å². The summed E-state index contributed by atoms with van der Waals surface area (Å²) in [6.07, 6.45) is 0.749. The molecule has 0 aromatic heterocycles. The Morgan fingerprint density at radius 3 is 2.16 bits per heavy atom. The molecule has 0 aliphatic heterocycles. The summed E-state index contributed by atoms with van der Waals surface area (Å²) in [5.41, 5.74) is 1.41. The Balaban J connectivity index is 1.78. The standard InChI is InChI=1S/C21H18O4/c1-23-17-10-12-18(13-11-17)25-21-9-5-8-20(19(21)14-22)24-15-16-6-3-2-4-7-16/h2-14H,15H2,1H3. The number of benzene rings is 3. The summed E-state index contributed by atoms with van der Waals surface area (Å²) in [6, 6.07) is 22.2. The van der Waals surface area contributed by atoms with Crippen LogP contribution in [0.3, 0.4) is 0 Å². The van der Waals surface area contributed by atoms with Crippen molar-refractivity contribution in [3.8, 4) is 23.0 Å². The van der Waals surface area contributed by atoms with Crippen LogP contribution in [-0.4, -0.2) is 13.4 Å². The summed E-state index contributed by atoms with van der Waals surface area (Å²) in [5.74, 6) is 2.29. The first-order valence-electron chi connectivity index (χ1n) is 7.87. The molecule has 0 spiro atoms. The normalized spacial score (nSPS) is 10.1. The second-order valence-corrected chi connectivity index (χ2v) is 5.34. The van der Waals surface area contributed by atoms with E-state index in [1.54, 1.807) is 49.6 Å². The Morgan fingerprint density at radius 2 is 1.48 bits per heavy atom. The van der Waals surface area contributed by atoms with Crippen LogP contribution in [0.15, 0.2) is 72.8 Å². The molecule has 0 aliphatic rings. The molecule has 0 fully saturated rings. The van der Waals surface area contributed by atoms with E-state index in [0.29, 0.717) is 29.4 Å². The Labute approximate surface area is 146 Å². The fourth-order valence-corrected chi connectivity index (χ4v) is 2.36. The number of rotatable bonds is 7. The molecule has 0 aliphatic carbocycles. The van der Waals surface area contributed by atoms with Crippen molar-refractivity contribution in [3.05, 3.63) is 83.9 Å². The quantitative estimate of drug-likeness (QED) is 0.578. The first-order valence-corrected chi connectivity index (χ1v) is 7.87. The average Bonchev–Trinajstić information content (AvgIpc) is 2.68. The largest absolute Gasteiger partial charge is 0.497 e. The molecule has 0 saturated heterocycles. The maximum atomic E-state index is 11.6. The van der Waals surface area contributed by atoms with Gasteiger partial charge in [0.15, 0.2) is 6.29 Å². The molecule has 0 amide bonds. The van der Waals surface area contributed by atoms with Crippen LogP contribution in [0.5, 0.6) is 23.0 Å². The van der Waals surface area contributed by atoms with Gasteiger partial charge in [0.05, 0.1) is 12.7 Å². The highest BCUT2D eigenvalue weighted by atomic mass is 16.5. The molecule has 126 valence electrons. The van der Waals surface area contributed by atoms with E-state index in [-0.39, 0.29) is 0 Å². The fourth-order valence-electron chi connectivity index (χ4n) is 2.36. The second-order valence-electron chi connectivity index (χ2n) is 5.34. The van der Waals surface area contributed by atoms with E-state index in [9.17, 15) is 4.79 Å². The third-order valence-electron chi connectivity index (χ3n) is 3.67. The lowest BCUT2D eigenvalue weighted by atomic mass is 10.2. The molecule has 3 aromatic rings. The Morgan fingerprint density at radius 1 is 0.800 bits per heavy atom. The van der Waals surface area contributed by atoms with Crippen molar-refractivity contribution in [3.63, 3.8) is 0 Å². The van der Waals surface area contributed by atoms with Gasteiger partial charge in [0, 0.05) is 0 Å². The Kier molecular flexibility index (Phi) is 5.32. The van der Waals surface area contributed by atoms with Crippen molar-refractivity contribution >= 4 is 6.29 Å². The van der Waals surface area contributed by atoms with E-state index in [1.807, 2.05) is 30.3 Å². The van der Waals surface area contributed by atoms with Gasteiger partial charge < -0.3 is 14.2 Å². The van der Waals surface area contributed by atoms with Gasteiger partial charge in [-0.2, -0.15) is 0 Å². The zero-order valence-corrected chi connectivity index (χ0v) is 13.8. The highest BCUT2D eigenvalue weighted by Crippen LogP contribution is 2.31. The van der Waals surface area contributed by atoms with Crippen LogP contribution in [0.25, 0.3) is 0 Å². The lowest BCUT2D eigenvalue weighted by Gasteiger charge is -2.13. The minimum Gasteiger partial charge on any atom is -0.497 e. The molecule has 0 heterocycles. The van der Waals surface area contributed by atoms with Crippen molar-refractivity contribution < 1.29 is 19.0 Å². The predicted molar refractivity (Wildman–Crippen MR) is 95.7 cm³/mol. The monoisotopic (exact) mass is 334 g/mol. The van der Waals surface area contributed by atoms with Crippen LogP contribution in [-0.2, 0) is 6.61 Å². The second kappa shape index (κ2) is 8.02. The highest BCUT2D eigenvalue weighted by molar-refractivity contribution is 5.83. The van der Waals surface area contributed by atoms with Gasteiger partial charge in [0.25, 0.3) is 0 Å². The molecule has 3 aromatic carbocycles. The van der Waals surface area contributed by atoms with Gasteiger partial charge in [0.2, 0.25) is 0 Å². The van der Waals surface area contributed by atoms with Gasteiger partial charge in [0.1, 0.15) is 29.6 Å². The summed E-state index contributed by atoms with van der Waals surface area (Å²) in [5, 5.41) is 0. The van der Waals surface area contributed by atoms with Gasteiger partial charge in [-0.05, 0) is 42.0 Å². The summed E-state index contributed by atoms with van der Waals surface area (Å²) >= 11 is 0. The number of carbonyl (C=O) groups excluding carboxylic acids is 1. The van der Waals surface area contributed by atoms with Crippen molar-refractivity contribution in [2.75, 3.05) is 7.11 Å². The third-order valence-corrected chi connectivity index (χ3v) is 3.67. The molecule has 3 rings (SSSR count). The van der Waals surface area contributed by atoms with Crippen LogP contribution in [0.4, 0.5) is 0 Å². The first-order chi connectivity index (χ1) is 12.3. The van der Waals surface area contributed by atoms with E-state index >= 15 is 0 Å². The predicted octanol–water partition coefficient (Wildman–Crippen LogP) is 4.88. The number of carbonyl (C=O) groups is 1. The van der Waals surface area contributed by atoms with Crippen molar-refractivity contribution in [1.82, 2.24) is 0 Å². The number of hydrogen-bond donors (Lipinski definition) is 0. The Hall–Kier alpha value is -3.27. The molecule has 4 nitrogen and oxygen atoms in total. The molecule has 25 heavy (non-hydrogen) atoms. The lowest BCUT2D eigenvalue weighted by molar-refractivity contribution is 0.111. The fraction of sp³-hybridized carbons (Fsp3) is 0.0952. The van der Waals surface area contributed by atoms with Crippen LogP contribution in [0.2, 0.25) is 0 Å². The van der Waals surface area contributed by atoms with E-state index in [2.05, 4.69) is 0 Å². The number of ether oxygens (including phenoxy) is 3. The smallest absolute Gasteiger partial charge is 0.157 e. The minimum atomic E-state index is 0.383. The molecule has 4 heteroatoms. The average molecular weight is 334 g/mol. The van der Waals surface area contributed by atoms with Crippen LogP contribution >= 0.6 is 0 Å². The molecule has 0 bridgehead atoms. The minimum absolute atomic E-state index is 0.383. The van der Waals surface area contributed by atoms with E-state index in [1.165, 1.54) is 0 Å². The summed E-state index contributed by atoms with van der Waals surface area (Å²) in [4.78, 5) is 11.6. The maximum Gasteiger partial charge on any atom is 0.157 e. The van der Waals surface area contributed by atoms with E-state index in [4.69, 9.17) is 14.2 Å². The zero-order valence-electron chi connectivity index (χ0n) is 13.8. The van der Waals surface area contributed by atoms with Gasteiger partial charge >= 0.3 is 0 Å². The molecule has 0 radical (unpaired) electrons. The maximum absolute atomic E-state index is 11.6. The van der Waals surface area contributed by atoms with Crippen molar-refractivity contribution in [1.29, 1.82) is 0 Å². The summed E-state index contributed by atoms with van der Waals surface area (Å²) < 4.78 is 16.7. The highest BCUT2D eigenvalue weighted by Gasteiger charge is 2.11. The topological polar surface area (TPSA) is 44.8 Å². The molecular formula is C21H18O4.